The zero-order valence-electron chi connectivity index (χ0n) is 9.79. The van der Waals surface area contributed by atoms with E-state index in [1.165, 1.54) is 6.42 Å². The lowest BCUT2D eigenvalue weighted by atomic mass is 9.76. The molecule has 0 saturated heterocycles. The van der Waals surface area contributed by atoms with Crippen LogP contribution in [-0.4, -0.2) is 11.7 Å². The smallest absolute Gasteiger partial charge is 0.332 e. The molecule has 0 spiro atoms. The van der Waals surface area contributed by atoms with Crippen LogP contribution in [0.5, 0.6) is 0 Å². The summed E-state index contributed by atoms with van der Waals surface area (Å²) < 4.78 is 0. The first-order valence-corrected chi connectivity index (χ1v) is 5.62. The third-order valence-corrected chi connectivity index (χ3v) is 3.07. The summed E-state index contributed by atoms with van der Waals surface area (Å²) in [6.07, 6.45) is 3.39. The molecule has 1 rings (SSSR count). The molecule has 0 aromatic rings. The molecule has 2 amide bonds. The van der Waals surface area contributed by atoms with E-state index < -0.39 is 6.03 Å². The second-order valence-corrected chi connectivity index (χ2v) is 4.82. The number of nitrogens with zero attached hydrogens (tertiary/aromatic N) is 1. The number of hydrogen-bond donors (Lipinski definition) is 2. The van der Waals surface area contributed by atoms with Crippen molar-refractivity contribution in [2.75, 3.05) is 0 Å². The van der Waals surface area contributed by atoms with Crippen molar-refractivity contribution in [3.63, 3.8) is 0 Å². The first kappa shape index (κ1) is 12.0. The predicted molar refractivity (Wildman–Crippen MR) is 61.5 cm³/mol. The standard InChI is InChI=1S/C11H21N3O/c1-7(2)9-5-4-8(3)6-10(9)13-14-11(12)15/h7-9H,4-6H2,1-3H3,(H3,12,14,15)/t8-,9+/m0/s1. The third-order valence-electron chi connectivity index (χ3n) is 3.07. The number of nitrogens with two attached hydrogens (primary N) is 1. The molecule has 1 aliphatic carbocycles. The van der Waals surface area contributed by atoms with E-state index in [-0.39, 0.29) is 0 Å². The molecule has 2 atom stereocenters. The van der Waals surface area contributed by atoms with E-state index >= 15 is 0 Å². The lowest BCUT2D eigenvalue weighted by Gasteiger charge is -2.30. The zero-order chi connectivity index (χ0) is 11.4. The minimum Gasteiger partial charge on any atom is -0.350 e. The fourth-order valence-electron chi connectivity index (χ4n) is 2.21. The van der Waals surface area contributed by atoms with Gasteiger partial charge in [-0.05, 0) is 31.1 Å². The first-order valence-electron chi connectivity index (χ1n) is 5.62. The predicted octanol–water partition coefficient (Wildman–Crippen LogP) is 2.10. The molecule has 1 fully saturated rings. The molecule has 15 heavy (non-hydrogen) atoms. The number of amides is 2. The topological polar surface area (TPSA) is 67.5 Å². The summed E-state index contributed by atoms with van der Waals surface area (Å²) in [5, 5.41) is 4.13. The van der Waals surface area contributed by atoms with Crippen molar-refractivity contribution in [2.45, 2.75) is 40.0 Å². The molecule has 3 N–H and O–H groups in total. The molecular weight excluding hydrogens is 190 g/mol. The Balaban J connectivity index is 2.69. The summed E-state index contributed by atoms with van der Waals surface area (Å²) in [5.41, 5.74) is 8.46. The average molecular weight is 211 g/mol. The van der Waals surface area contributed by atoms with Gasteiger partial charge in [0, 0.05) is 11.6 Å². The molecule has 4 nitrogen and oxygen atoms in total. The van der Waals surface area contributed by atoms with E-state index in [9.17, 15) is 4.79 Å². The van der Waals surface area contributed by atoms with Gasteiger partial charge in [0.05, 0.1) is 0 Å². The number of hydrazone groups is 1. The lowest BCUT2D eigenvalue weighted by Crippen LogP contribution is -2.32. The van der Waals surface area contributed by atoms with Gasteiger partial charge in [-0.1, -0.05) is 20.8 Å². The molecule has 0 aromatic carbocycles. The van der Waals surface area contributed by atoms with Crippen LogP contribution < -0.4 is 11.2 Å². The Morgan fingerprint density at radius 3 is 2.73 bits per heavy atom. The molecule has 0 aromatic heterocycles. The van der Waals surface area contributed by atoms with Gasteiger partial charge >= 0.3 is 6.03 Å². The van der Waals surface area contributed by atoms with Gasteiger partial charge in [-0.15, -0.1) is 0 Å². The summed E-state index contributed by atoms with van der Waals surface area (Å²) in [6, 6.07) is -0.580. The van der Waals surface area contributed by atoms with E-state index in [0.717, 1.165) is 18.6 Å². The molecule has 0 aliphatic heterocycles. The van der Waals surface area contributed by atoms with Crippen LogP contribution in [0.25, 0.3) is 0 Å². The maximum absolute atomic E-state index is 10.6. The van der Waals surface area contributed by atoms with Crippen molar-refractivity contribution in [2.24, 2.45) is 28.6 Å². The van der Waals surface area contributed by atoms with Crippen molar-refractivity contribution >= 4 is 11.7 Å². The van der Waals surface area contributed by atoms with Gasteiger partial charge in [0.15, 0.2) is 0 Å². The van der Waals surface area contributed by atoms with Gasteiger partial charge in [0.1, 0.15) is 0 Å². The Morgan fingerprint density at radius 1 is 1.53 bits per heavy atom. The molecule has 1 aliphatic rings. The SMILES string of the molecule is CC(C)[C@H]1CC[C@H](C)CC1=NNC(N)=O. The zero-order valence-corrected chi connectivity index (χ0v) is 9.79. The second-order valence-electron chi connectivity index (χ2n) is 4.82. The molecule has 0 radical (unpaired) electrons. The van der Waals surface area contributed by atoms with Crippen LogP contribution in [0.15, 0.2) is 5.10 Å². The minimum atomic E-state index is -0.580. The number of nitrogens with one attached hydrogen (secondary N) is 1. The quantitative estimate of drug-likeness (QED) is 0.675. The lowest BCUT2D eigenvalue weighted by molar-refractivity contribution is 0.249. The molecule has 86 valence electrons. The summed E-state index contributed by atoms with van der Waals surface area (Å²) in [6.45, 7) is 6.61. The van der Waals surface area contributed by atoms with Crippen molar-refractivity contribution in [3.05, 3.63) is 0 Å². The number of rotatable bonds is 2. The van der Waals surface area contributed by atoms with Crippen LogP contribution in [0, 0.1) is 17.8 Å². The van der Waals surface area contributed by atoms with Gasteiger partial charge in [0.25, 0.3) is 0 Å². The number of carbonyl (C=O) groups is 1. The molecule has 0 bridgehead atoms. The molecular formula is C11H21N3O. The maximum Gasteiger partial charge on any atom is 0.332 e. The highest BCUT2D eigenvalue weighted by molar-refractivity contribution is 5.88. The Bertz CT molecular complexity index is 261. The number of urea groups is 1. The summed E-state index contributed by atoms with van der Waals surface area (Å²) >= 11 is 0. The fraction of sp³-hybridized carbons (Fsp3) is 0.818. The van der Waals surface area contributed by atoms with E-state index in [4.69, 9.17) is 5.73 Å². The van der Waals surface area contributed by atoms with E-state index in [2.05, 4.69) is 31.3 Å². The number of primary amides is 1. The van der Waals surface area contributed by atoms with Crippen LogP contribution in [0.1, 0.15) is 40.0 Å². The molecule has 0 heterocycles. The van der Waals surface area contributed by atoms with Crippen LogP contribution in [-0.2, 0) is 0 Å². The maximum atomic E-state index is 10.6. The van der Waals surface area contributed by atoms with Crippen molar-refractivity contribution in [3.8, 4) is 0 Å². The monoisotopic (exact) mass is 211 g/mol. The van der Waals surface area contributed by atoms with Crippen LogP contribution in [0.4, 0.5) is 4.79 Å². The van der Waals surface area contributed by atoms with Gasteiger partial charge < -0.3 is 5.73 Å². The number of hydrogen-bond acceptors (Lipinski definition) is 2. The van der Waals surface area contributed by atoms with Gasteiger partial charge in [-0.3, -0.25) is 0 Å². The minimum absolute atomic E-state index is 0.494. The molecule has 4 heteroatoms. The van der Waals surface area contributed by atoms with E-state index in [1.54, 1.807) is 0 Å². The Hall–Kier alpha value is -1.06. The fourth-order valence-corrected chi connectivity index (χ4v) is 2.21. The molecule has 1 saturated carbocycles. The highest BCUT2D eigenvalue weighted by Crippen LogP contribution is 2.30. The number of carbonyl (C=O) groups excluding carboxylic acids is 1. The third kappa shape index (κ3) is 3.53. The van der Waals surface area contributed by atoms with Crippen molar-refractivity contribution in [1.82, 2.24) is 5.43 Å². The van der Waals surface area contributed by atoms with Gasteiger partial charge in [-0.2, -0.15) is 5.10 Å². The average Bonchev–Trinajstić information content (AvgIpc) is 2.14. The van der Waals surface area contributed by atoms with E-state index in [1.807, 2.05) is 0 Å². The Kier molecular flexibility index (Phi) is 4.12. The highest BCUT2D eigenvalue weighted by atomic mass is 16.2. The van der Waals surface area contributed by atoms with Crippen LogP contribution in [0.2, 0.25) is 0 Å². The summed E-state index contributed by atoms with van der Waals surface area (Å²) in [7, 11) is 0. The van der Waals surface area contributed by atoms with Crippen LogP contribution in [0.3, 0.4) is 0 Å². The van der Waals surface area contributed by atoms with Gasteiger partial charge in [0.2, 0.25) is 0 Å². The highest BCUT2D eigenvalue weighted by Gasteiger charge is 2.27. The second kappa shape index (κ2) is 5.14. The largest absolute Gasteiger partial charge is 0.350 e. The van der Waals surface area contributed by atoms with Crippen molar-refractivity contribution < 1.29 is 4.79 Å². The first-order chi connectivity index (χ1) is 7.00. The molecule has 0 unspecified atom stereocenters. The Labute approximate surface area is 91.3 Å². The van der Waals surface area contributed by atoms with Gasteiger partial charge in [-0.25, -0.2) is 10.2 Å². The Morgan fingerprint density at radius 2 is 2.20 bits per heavy atom. The van der Waals surface area contributed by atoms with E-state index in [0.29, 0.717) is 17.8 Å². The normalized spacial score (nSPS) is 29.5. The van der Waals surface area contributed by atoms with Crippen LogP contribution >= 0.6 is 0 Å². The van der Waals surface area contributed by atoms with Crippen molar-refractivity contribution in [1.29, 1.82) is 0 Å². The summed E-state index contributed by atoms with van der Waals surface area (Å²) in [5.74, 6) is 1.73. The summed E-state index contributed by atoms with van der Waals surface area (Å²) in [4.78, 5) is 10.6.